The highest BCUT2D eigenvalue weighted by molar-refractivity contribution is 5.79. The highest BCUT2D eigenvalue weighted by atomic mass is 19.1. The monoisotopic (exact) mass is 409 g/mol. The predicted molar refractivity (Wildman–Crippen MR) is 114 cm³/mol. The number of hydrogen-bond acceptors (Lipinski definition) is 5. The number of oxazole rings is 1. The summed E-state index contributed by atoms with van der Waals surface area (Å²) in [6.07, 6.45) is 1.71. The Morgan fingerprint density at radius 1 is 0.967 bits per heavy atom. The number of nitrogens with one attached hydrogen (secondary N) is 1. The Kier molecular flexibility index (Phi) is 5.83. The van der Waals surface area contributed by atoms with E-state index in [1.807, 2.05) is 50.5 Å². The van der Waals surface area contributed by atoms with Gasteiger partial charge in [-0.2, -0.15) is 0 Å². The number of nitrogens with zero attached hydrogens (tertiary/aromatic N) is 2. The minimum absolute atomic E-state index is 0.232. The molecule has 2 aromatic carbocycles. The third-order valence-electron chi connectivity index (χ3n) is 4.97. The first-order valence-electron chi connectivity index (χ1n) is 9.78. The third-order valence-corrected chi connectivity index (χ3v) is 4.97. The zero-order valence-electron chi connectivity index (χ0n) is 17.0. The Hall–Kier alpha value is -3.16. The van der Waals surface area contributed by atoms with Gasteiger partial charge in [-0.05, 0) is 55.6 Å². The third kappa shape index (κ3) is 4.87. The Morgan fingerprint density at radius 3 is 2.53 bits per heavy atom. The van der Waals surface area contributed by atoms with Crippen LogP contribution in [0.5, 0.6) is 0 Å². The van der Waals surface area contributed by atoms with Crippen molar-refractivity contribution in [1.82, 2.24) is 14.8 Å². The molecular formula is C23H24FN3O3. The van der Waals surface area contributed by atoms with Crippen LogP contribution in [0, 0.1) is 5.82 Å². The van der Waals surface area contributed by atoms with Gasteiger partial charge in [0.05, 0.1) is 18.3 Å². The van der Waals surface area contributed by atoms with Crippen LogP contribution in [0.4, 0.5) is 4.39 Å². The molecule has 0 aliphatic carbocycles. The number of H-pyrrole nitrogens is 1. The van der Waals surface area contributed by atoms with Gasteiger partial charge in [0.25, 0.3) is 0 Å². The molecule has 4 rings (SSSR count). The highest BCUT2D eigenvalue weighted by Gasteiger charge is 2.13. The largest absolute Gasteiger partial charge is 0.467 e. The first-order chi connectivity index (χ1) is 14.5. The van der Waals surface area contributed by atoms with Crippen LogP contribution in [0.1, 0.15) is 11.3 Å². The maximum Gasteiger partial charge on any atom is 0.417 e. The summed E-state index contributed by atoms with van der Waals surface area (Å²) >= 11 is 0. The molecule has 0 aliphatic rings. The fraction of sp³-hybridized carbons (Fsp3) is 0.261. The Morgan fingerprint density at radius 2 is 1.77 bits per heavy atom. The van der Waals surface area contributed by atoms with Gasteiger partial charge in [-0.15, -0.1) is 0 Å². The smallest absolute Gasteiger partial charge is 0.417 e. The van der Waals surface area contributed by atoms with Crippen LogP contribution >= 0.6 is 0 Å². The molecule has 7 heteroatoms. The van der Waals surface area contributed by atoms with Gasteiger partial charge in [0.15, 0.2) is 5.58 Å². The summed E-state index contributed by atoms with van der Waals surface area (Å²) in [7, 11) is 4.08. The van der Waals surface area contributed by atoms with E-state index in [0.29, 0.717) is 24.2 Å². The normalized spacial score (nSPS) is 11.8. The number of benzene rings is 2. The summed E-state index contributed by atoms with van der Waals surface area (Å²) in [5, 5.41) is 0. The molecule has 0 fully saturated rings. The van der Waals surface area contributed by atoms with Crippen LogP contribution in [0.2, 0.25) is 0 Å². The second-order valence-electron chi connectivity index (χ2n) is 7.67. The number of likely N-dealkylation sites (N-methyl/N-ethyl adjacent to an activating group) is 1. The first-order valence-corrected chi connectivity index (χ1v) is 9.78. The van der Waals surface area contributed by atoms with Gasteiger partial charge in [-0.3, -0.25) is 9.88 Å². The molecule has 30 heavy (non-hydrogen) atoms. The lowest BCUT2D eigenvalue weighted by Crippen LogP contribution is -2.31. The molecule has 0 unspecified atom stereocenters. The van der Waals surface area contributed by atoms with Gasteiger partial charge in [-0.25, -0.2) is 9.18 Å². The van der Waals surface area contributed by atoms with E-state index in [0.717, 1.165) is 35.5 Å². The molecule has 0 aliphatic heterocycles. The number of halogens is 1. The van der Waals surface area contributed by atoms with E-state index in [1.54, 1.807) is 6.26 Å². The number of aromatic nitrogens is 1. The van der Waals surface area contributed by atoms with E-state index in [1.165, 1.54) is 12.1 Å². The van der Waals surface area contributed by atoms with Crippen molar-refractivity contribution in [2.75, 3.05) is 27.2 Å². The lowest BCUT2D eigenvalue weighted by molar-refractivity contribution is 0.211. The Bertz CT molecular complexity index is 1170. The molecule has 0 amide bonds. The van der Waals surface area contributed by atoms with E-state index >= 15 is 0 Å². The fourth-order valence-corrected chi connectivity index (χ4v) is 3.36. The summed E-state index contributed by atoms with van der Waals surface area (Å²) < 4.78 is 24.2. The standard InChI is InChI=1S/C23H24FN3O3/c1-26(2)9-10-27(13-16-3-6-19(24)7-4-16)14-20-11-18(15-29-20)17-5-8-21-22(12-17)30-23(28)25-21/h3-8,11-12,15H,9-10,13-14H2,1-2H3,(H,25,28). The zero-order chi connectivity index (χ0) is 21.1. The second kappa shape index (κ2) is 8.69. The molecule has 0 atom stereocenters. The van der Waals surface area contributed by atoms with Crippen molar-refractivity contribution in [1.29, 1.82) is 0 Å². The van der Waals surface area contributed by atoms with Crippen molar-refractivity contribution >= 4 is 11.1 Å². The summed E-state index contributed by atoms with van der Waals surface area (Å²) in [6.45, 7) is 3.08. The van der Waals surface area contributed by atoms with Crippen molar-refractivity contribution in [2.24, 2.45) is 0 Å². The van der Waals surface area contributed by atoms with Crippen LogP contribution in [-0.2, 0) is 13.1 Å². The van der Waals surface area contributed by atoms with Crippen LogP contribution < -0.4 is 5.76 Å². The second-order valence-corrected chi connectivity index (χ2v) is 7.67. The SMILES string of the molecule is CN(C)CCN(Cc1ccc(F)cc1)Cc1cc(-c2ccc3[nH]c(=O)oc3c2)co1. The zero-order valence-corrected chi connectivity index (χ0v) is 17.0. The average molecular weight is 409 g/mol. The topological polar surface area (TPSA) is 65.6 Å². The van der Waals surface area contributed by atoms with E-state index < -0.39 is 5.76 Å². The van der Waals surface area contributed by atoms with Gasteiger partial charge in [0, 0.05) is 25.2 Å². The van der Waals surface area contributed by atoms with Gasteiger partial charge >= 0.3 is 5.76 Å². The lowest BCUT2D eigenvalue weighted by Gasteiger charge is -2.23. The molecular weight excluding hydrogens is 385 g/mol. The minimum atomic E-state index is -0.465. The van der Waals surface area contributed by atoms with Gasteiger partial charge in [0.2, 0.25) is 0 Å². The van der Waals surface area contributed by atoms with Crippen molar-refractivity contribution in [3.05, 3.63) is 82.5 Å². The molecule has 156 valence electrons. The van der Waals surface area contributed by atoms with E-state index in [2.05, 4.69) is 14.8 Å². The number of rotatable bonds is 8. The maximum absolute atomic E-state index is 13.2. The van der Waals surface area contributed by atoms with Crippen molar-refractivity contribution < 1.29 is 13.2 Å². The number of furan rings is 1. The van der Waals surface area contributed by atoms with Crippen molar-refractivity contribution in [2.45, 2.75) is 13.1 Å². The molecule has 0 bridgehead atoms. The number of aromatic amines is 1. The minimum Gasteiger partial charge on any atom is -0.467 e. The van der Waals surface area contributed by atoms with Gasteiger partial charge < -0.3 is 13.7 Å². The highest BCUT2D eigenvalue weighted by Crippen LogP contribution is 2.26. The lowest BCUT2D eigenvalue weighted by atomic mass is 10.1. The molecule has 0 saturated carbocycles. The average Bonchev–Trinajstić information content (AvgIpc) is 3.32. The van der Waals surface area contributed by atoms with Crippen LogP contribution in [0.3, 0.4) is 0 Å². The Labute approximate surface area is 173 Å². The maximum atomic E-state index is 13.2. The Balaban J connectivity index is 1.51. The summed E-state index contributed by atoms with van der Waals surface area (Å²) in [4.78, 5) is 18.4. The molecule has 6 nitrogen and oxygen atoms in total. The number of fused-ring (bicyclic) bond motifs is 1. The van der Waals surface area contributed by atoms with Crippen molar-refractivity contribution in [3.8, 4) is 11.1 Å². The number of hydrogen-bond donors (Lipinski definition) is 1. The molecule has 0 radical (unpaired) electrons. The molecule has 0 spiro atoms. The van der Waals surface area contributed by atoms with Crippen molar-refractivity contribution in [3.63, 3.8) is 0 Å². The quantitative estimate of drug-likeness (QED) is 0.475. The first kappa shape index (κ1) is 20.1. The van der Waals surface area contributed by atoms with Gasteiger partial charge in [0.1, 0.15) is 11.6 Å². The summed E-state index contributed by atoms with van der Waals surface area (Å²) in [6, 6.07) is 14.2. The van der Waals surface area contributed by atoms with E-state index in [-0.39, 0.29) is 5.82 Å². The fourth-order valence-electron chi connectivity index (χ4n) is 3.36. The van der Waals surface area contributed by atoms with Crippen LogP contribution in [-0.4, -0.2) is 42.0 Å². The predicted octanol–water partition coefficient (Wildman–Crippen LogP) is 4.08. The summed E-state index contributed by atoms with van der Waals surface area (Å²) in [5.74, 6) is 0.137. The molecule has 0 saturated heterocycles. The molecule has 2 aromatic heterocycles. The summed E-state index contributed by atoms with van der Waals surface area (Å²) in [5.41, 5.74) is 4.07. The van der Waals surface area contributed by atoms with Crippen LogP contribution in [0.15, 0.2) is 68.4 Å². The van der Waals surface area contributed by atoms with E-state index in [4.69, 9.17) is 8.83 Å². The van der Waals surface area contributed by atoms with Crippen LogP contribution in [0.25, 0.3) is 22.2 Å². The molecule has 1 N–H and O–H groups in total. The van der Waals surface area contributed by atoms with Gasteiger partial charge in [-0.1, -0.05) is 18.2 Å². The molecule has 4 aromatic rings. The molecule has 2 heterocycles. The van der Waals surface area contributed by atoms with E-state index in [9.17, 15) is 9.18 Å².